The molecule has 4 heteroatoms. The third-order valence-corrected chi connectivity index (χ3v) is 5.05. The summed E-state index contributed by atoms with van der Waals surface area (Å²) in [7, 11) is 0. The standard InChI is InChI=1S/C20H23NO2S/c1-15(11-17-7-8-19-18(12-17)9-10-23-19)21-20(22)14-24-13-16-5-3-2-4-6-16/h2-8,12,15H,9-11,13-14H2,1H3,(H,21,22)/t15-/m0/s1. The van der Waals surface area contributed by atoms with E-state index in [1.54, 1.807) is 11.8 Å². The van der Waals surface area contributed by atoms with E-state index < -0.39 is 0 Å². The Labute approximate surface area is 147 Å². The van der Waals surface area contributed by atoms with Crippen LogP contribution >= 0.6 is 11.8 Å². The first-order valence-electron chi connectivity index (χ1n) is 8.36. The zero-order valence-electron chi connectivity index (χ0n) is 14.0. The molecule has 0 aliphatic carbocycles. The Morgan fingerprint density at radius 2 is 2.04 bits per heavy atom. The fourth-order valence-electron chi connectivity index (χ4n) is 2.92. The minimum atomic E-state index is 0.105. The summed E-state index contributed by atoms with van der Waals surface area (Å²) in [6.45, 7) is 2.84. The molecule has 2 aromatic rings. The monoisotopic (exact) mass is 341 g/mol. The van der Waals surface area contributed by atoms with Crippen LogP contribution in [0.2, 0.25) is 0 Å². The Morgan fingerprint density at radius 1 is 1.21 bits per heavy atom. The van der Waals surface area contributed by atoms with Gasteiger partial charge >= 0.3 is 0 Å². The molecule has 0 fully saturated rings. The van der Waals surface area contributed by atoms with Gasteiger partial charge in [0.15, 0.2) is 0 Å². The van der Waals surface area contributed by atoms with Gasteiger partial charge in [-0.25, -0.2) is 0 Å². The Bertz CT molecular complexity index is 687. The number of rotatable bonds is 7. The highest BCUT2D eigenvalue weighted by atomic mass is 32.2. The van der Waals surface area contributed by atoms with Gasteiger partial charge in [-0.3, -0.25) is 4.79 Å². The largest absolute Gasteiger partial charge is 0.493 e. The van der Waals surface area contributed by atoms with E-state index >= 15 is 0 Å². The number of hydrogen-bond acceptors (Lipinski definition) is 3. The summed E-state index contributed by atoms with van der Waals surface area (Å²) in [4.78, 5) is 12.1. The molecule has 1 amide bonds. The second kappa shape index (κ2) is 8.25. The smallest absolute Gasteiger partial charge is 0.230 e. The molecule has 126 valence electrons. The van der Waals surface area contributed by atoms with Crippen molar-refractivity contribution in [2.45, 2.75) is 31.6 Å². The first-order valence-corrected chi connectivity index (χ1v) is 9.52. The lowest BCUT2D eigenvalue weighted by molar-refractivity contribution is -0.119. The van der Waals surface area contributed by atoms with Crippen LogP contribution in [0.4, 0.5) is 0 Å². The minimum absolute atomic E-state index is 0.105. The third kappa shape index (κ3) is 4.78. The Kier molecular flexibility index (Phi) is 5.81. The number of fused-ring (bicyclic) bond motifs is 1. The predicted molar refractivity (Wildman–Crippen MR) is 99.6 cm³/mol. The average molecular weight is 341 g/mol. The van der Waals surface area contributed by atoms with Crippen molar-refractivity contribution in [1.29, 1.82) is 0 Å². The van der Waals surface area contributed by atoms with Crippen molar-refractivity contribution in [3.8, 4) is 5.75 Å². The lowest BCUT2D eigenvalue weighted by atomic mass is 10.0. The van der Waals surface area contributed by atoms with Crippen molar-refractivity contribution in [1.82, 2.24) is 5.32 Å². The van der Waals surface area contributed by atoms with Crippen LogP contribution in [0, 0.1) is 0 Å². The van der Waals surface area contributed by atoms with Crippen LogP contribution < -0.4 is 10.1 Å². The molecule has 0 spiro atoms. The molecule has 2 aromatic carbocycles. The number of amides is 1. The van der Waals surface area contributed by atoms with Crippen LogP contribution in [0.15, 0.2) is 48.5 Å². The van der Waals surface area contributed by atoms with E-state index in [1.807, 2.05) is 24.3 Å². The van der Waals surface area contributed by atoms with Crippen molar-refractivity contribution in [3.05, 3.63) is 65.2 Å². The highest BCUT2D eigenvalue weighted by Crippen LogP contribution is 2.26. The molecule has 0 unspecified atom stereocenters. The summed E-state index contributed by atoms with van der Waals surface area (Å²) in [5.41, 5.74) is 3.79. The van der Waals surface area contributed by atoms with E-state index in [2.05, 4.69) is 36.5 Å². The molecule has 1 atom stereocenters. The fraction of sp³-hybridized carbons (Fsp3) is 0.350. The topological polar surface area (TPSA) is 38.3 Å². The molecular weight excluding hydrogens is 318 g/mol. The molecule has 0 bridgehead atoms. The van der Waals surface area contributed by atoms with Gasteiger partial charge < -0.3 is 10.1 Å². The minimum Gasteiger partial charge on any atom is -0.493 e. The van der Waals surface area contributed by atoms with E-state index in [0.29, 0.717) is 5.75 Å². The molecule has 1 aliphatic rings. The molecule has 1 aliphatic heterocycles. The number of ether oxygens (including phenoxy) is 1. The summed E-state index contributed by atoms with van der Waals surface area (Å²) in [5, 5.41) is 3.09. The first-order chi connectivity index (χ1) is 11.7. The molecule has 3 rings (SSSR count). The lowest BCUT2D eigenvalue weighted by Crippen LogP contribution is -2.35. The van der Waals surface area contributed by atoms with Gasteiger partial charge in [0.2, 0.25) is 5.91 Å². The van der Waals surface area contributed by atoms with Crippen molar-refractivity contribution >= 4 is 17.7 Å². The SMILES string of the molecule is C[C@@H](Cc1ccc2c(c1)CCO2)NC(=O)CSCc1ccccc1. The van der Waals surface area contributed by atoms with Crippen LogP contribution in [0.5, 0.6) is 5.75 Å². The van der Waals surface area contributed by atoms with Crippen molar-refractivity contribution in [3.63, 3.8) is 0 Å². The highest BCUT2D eigenvalue weighted by molar-refractivity contribution is 7.99. The predicted octanol–water partition coefficient (Wildman–Crippen LogP) is 3.60. The normalized spacial score (nSPS) is 13.9. The second-order valence-electron chi connectivity index (χ2n) is 6.19. The van der Waals surface area contributed by atoms with Gasteiger partial charge in [0, 0.05) is 18.2 Å². The Morgan fingerprint density at radius 3 is 2.88 bits per heavy atom. The number of hydrogen-bond donors (Lipinski definition) is 1. The fourth-order valence-corrected chi connectivity index (χ4v) is 3.72. The van der Waals surface area contributed by atoms with E-state index in [0.717, 1.165) is 31.0 Å². The van der Waals surface area contributed by atoms with Crippen LogP contribution in [0.25, 0.3) is 0 Å². The Balaban J connectivity index is 1.41. The molecule has 0 saturated carbocycles. The molecule has 0 radical (unpaired) electrons. The molecule has 0 aromatic heterocycles. The van der Waals surface area contributed by atoms with Gasteiger partial charge in [-0.1, -0.05) is 42.5 Å². The maximum absolute atomic E-state index is 12.1. The van der Waals surface area contributed by atoms with Gasteiger partial charge in [-0.2, -0.15) is 0 Å². The highest BCUT2D eigenvalue weighted by Gasteiger charge is 2.14. The molecule has 1 N–H and O–H groups in total. The van der Waals surface area contributed by atoms with Crippen LogP contribution in [0.3, 0.4) is 0 Å². The van der Waals surface area contributed by atoms with E-state index in [-0.39, 0.29) is 11.9 Å². The van der Waals surface area contributed by atoms with E-state index in [9.17, 15) is 4.79 Å². The van der Waals surface area contributed by atoms with Gasteiger partial charge in [0.05, 0.1) is 12.4 Å². The first kappa shape index (κ1) is 16.9. The van der Waals surface area contributed by atoms with Crippen molar-refractivity contribution < 1.29 is 9.53 Å². The number of carbonyl (C=O) groups is 1. The van der Waals surface area contributed by atoms with Gasteiger partial charge in [0.25, 0.3) is 0 Å². The van der Waals surface area contributed by atoms with E-state index in [1.165, 1.54) is 16.7 Å². The van der Waals surface area contributed by atoms with E-state index in [4.69, 9.17) is 4.74 Å². The quantitative estimate of drug-likeness (QED) is 0.836. The molecule has 24 heavy (non-hydrogen) atoms. The number of benzene rings is 2. The van der Waals surface area contributed by atoms with Gasteiger partial charge in [-0.15, -0.1) is 11.8 Å². The molecular formula is C20H23NO2S. The zero-order chi connectivity index (χ0) is 16.8. The zero-order valence-corrected chi connectivity index (χ0v) is 14.8. The molecule has 0 saturated heterocycles. The van der Waals surface area contributed by atoms with Gasteiger partial charge in [-0.05, 0) is 36.1 Å². The van der Waals surface area contributed by atoms with Crippen LogP contribution in [-0.4, -0.2) is 24.3 Å². The van der Waals surface area contributed by atoms with Crippen LogP contribution in [0.1, 0.15) is 23.6 Å². The molecule has 1 heterocycles. The summed E-state index contributed by atoms with van der Waals surface area (Å²) >= 11 is 1.65. The summed E-state index contributed by atoms with van der Waals surface area (Å²) in [6.07, 6.45) is 1.84. The van der Waals surface area contributed by atoms with Crippen LogP contribution in [-0.2, 0) is 23.4 Å². The lowest BCUT2D eigenvalue weighted by Gasteiger charge is -2.14. The molecule has 3 nitrogen and oxygen atoms in total. The summed E-state index contributed by atoms with van der Waals surface area (Å²) < 4.78 is 5.53. The maximum atomic E-state index is 12.1. The number of nitrogens with one attached hydrogen (secondary N) is 1. The summed E-state index contributed by atoms with van der Waals surface area (Å²) in [5.74, 6) is 2.48. The summed E-state index contributed by atoms with van der Waals surface area (Å²) in [6, 6.07) is 16.7. The second-order valence-corrected chi connectivity index (χ2v) is 7.18. The third-order valence-electron chi connectivity index (χ3n) is 4.05. The van der Waals surface area contributed by atoms with Crippen molar-refractivity contribution in [2.24, 2.45) is 0 Å². The number of carbonyl (C=O) groups excluding carboxylic acids is 1. The van der Waals surface area contributed by atoms with Gasteiger partial charge in [0.1, 0.15) is 5.75 Å². The average Bonchev–Trinajstić information content (AvgIpc) is 3.03. The maximum Gasteiger partial charge on any atom is 0.230 e. The Hall–Kier alpha value is -1.94. The number of thioether (sulfide) groups is 1. The van der Waals surface area contributed by atoms with Crippen molar-refractivity contribution in [2.75, 3.05) is 12.4 Å².